The van der Waals surface area contributed by atoms with Crippen LogP contribution in [0.3, 0.4) is 0 Å². The molecule has 2 unspecified atom stereocenters. The molecule has 0 radical (unpaired) electrons. The minimum Gasteiger partial charge on any atom is -0.507 e. The largest absolute Gasteiger partial charge is 0.507 e. The lowest BCUT2D eigenvalue weighted by Gasteiger charge is -2.20. The van der Waals surface area contributed by atoms with Crippen LogP contribution in [0.2, 0.25) is 0 Å². The van der Waals surface area contributed by atoms with E-state index in [4.69, 9.17) is 0 Å². The average Bonchev–Trinajstić information content (AvgIpc) is 2.47. The van der Waals surface area contributed by atoms with Gasteiger partial charge in [-0.05, 0) is 11.8 Å². The number of amides is 1. The lowest BCUT2D eigenvalue weighted by atomic mass is 9.97. The van der Waals surface area contributed by atoms with Crippen molar-refractivity contribution >= 4 is 16.7 Å². The van der Waals surface area contributed by atoms with Crippen molar-refractivity contribution in [3.05, 3.63) is 42.0 Å². The molecule has 2 rings (SSSR count). The minimum absolute atomic E-state index is 0.0285. The molecule has 2 atom stereocenters. The van der Waals surface area contributed by atoms with Crippen molar-refractivity contribution in [3.63, 3.8) is 0 Å². The Morgan fingerprint density at radius 3 is 2.62 bits per heavy atom. The molecule has 5 heteroatoms. The van der Waals surface area contributed by atoms with Crippen molar-refractivity contribution in [3.8, 4) is 5.75 Å². The lowest BCUT2D eigenvalue weighted by Crippen LogP contribution is -2.27. The molecule has 1 amide bonds. The molecule has 0 saturated carbocycles. The third kappa shape index (κ3) is 3.51. The first kappa shape index (κ1) is 15.3. The maximum atomic E-state index is 10.8. The van der Waals surface area contributed by atoms with Crippen LogP contribution in [0, 0.1) is 0 Å². The number of carbonyl (C=O) groups is 1. The first-order chi connectivity index (χ1) is 10.0. The van der Waals surface area contributed by atoms with Crippen molar-refractivity contribution < 1.29 is 20.1 Å². The van der Waals surface area contributed by atoms with E-state index in [0.717, 1.165) is 5.39 Å². The molecule has 4 N–H and O–H groups in total. The number of phenolic OH excluding ortho intramolecular Hbond substituents is 1. The van der Waals surface area contributed by atoms with Gasteiger partial charge in [-0.25, -0.2) is 0 Å². The second kappa shape index (κ2) is 6.56. The lowest BCUT2D eigenvalue weighted by molar-refractivity contribution is -0.119. The molecule has 0 aliphatic carbocycles. The number of aromatic hydroxyl groups is 1. The van der Waals surface area contributed by atoms with Gasteiger partial charge in [0.05, 0.1) is 6.10 Å². The summed E-state index contributed by atoms with van der Waals surface area (Å²) >= 11 is 0. The van der Waals surface area contributed by atoms with Crippen LogP contribution in [0.5, 0.6) is 5.75 Å². The van der Waals surface area contributed by atoms with E-state index >= 15 is 0 Å². The van der Waals surface area contributed by atoms with E-state index < -0.39 is 12.2 Å². The fraction of sp³-hybridized carbons (Fsp3) is 0.312. The predicted octanol–water partition coefficient (Wildman–Crippen LogP) is 1.47. The molecule has 0 bridgehead atoms. The number of hydrogen-bond acceptors (Lipinski definition) is 4. The van der Waals surface area contributed by atoms with Crippen molar-refractivity contribution in [1.29, 1.82) is 0 Å². The molecule has 21 heavy (non-hydrogen) atoms. The number of hydrogen-bond donors (Lipinski definition) is 4. The second-order valence-corrected chi connectivity index (χ2v) is 5.01. The van der Waals surface area contributed by atoms with E-state index in [1.807, 2.05) is 12.1 Å². The summed E-state index contributed by atoms with van der Waals surface area (Å²) in [4.78, 5) is 10.8. The Balaban J connectivity index is 2.17. The van der Waals surface area contributed by atoms with Crippen LogP contribution in [-0.2, 0) is 4.79 Å². The summed E-state index contributed by atoms with van der Waals surface area (Å²) in [6, 6.07) is 10.7. The maximum absolute atomic E-state index is 10.8. The fourth-order valence-electron chi connectivity index (χ4n) is 2.27. The van der Waals surface area contributed by atoms with E-state index in [1.165, 1.54) is 6.92 Å². The quantitative estimate of drug-likeness (QED) is 0.671. The number of rotatable bonds is 5. The maximum Gasteiger partial charge on any atom is 0.216 e. The second-order valence-electron chi connectivity index (χ2n) is 5.01. The Labute approximate surface area is 122 Å². The van der Waals surface area contributed by atoms with Crippen molar-refractivity contribution in [1.82, 2.24) is 5.32 Å². The molecule has 112 valence electrons. The molecule has 0 aliphatic heterocycles. The van der Waals surface area contributed by atoms with E-state index in [1.54, 1.807) is 24.3 Å². The zero-order valence-electron chi connectivity index (χ0n) is 11.8. The van der Waals surface area contributed by atoms with Gasteiger partial charge in [-0.15, -0.1) is 0 Å². The average molecular weight is 289 g/mol. The van der Waals surface area contributed by atoms with E-state index in [-0.39, 0.29) is 30.2 Å². The van der Waals surface area contributed by atoms with Crippen LogP contribution in [0.4, 0.5) is 0 Å². The van der Waals surface area contributed by atoms with E-state index in [2.05, 4.69) is 5.32 Å². The third-order valence-corrected chi connectivity index (χ3v) is 3.43. The highest BCUT2D eigenvalue weighted by molar-refractivity contribution is 5.89. The molecule has 0 fully saturated rings. The molecule has 0 saturated heterocycles. The zero-order chi connectivity index (χ0) is 15.4. The van der Waals surface area contributed by atoms with Crippen molar-refractivity contribution in [2.24, 2.45) is 0 Å². The van der Waals surface area contributed by atoms with Crippen LogP contribution >= 0.6 is 0 Å². The van der Waals surface area contributed by atoms with Gasteiger partial charge in [-0.2, -0.15) is 0 Å². The Morgan fingerprint density at radius 1 is 1.19 bits per heavy atom. The third-order valence-electron chi connectivity index (χ3n) is 3.43. The number of nitrogens with one attached hydrogen (secondary N) is 1. The summed E-state index contributed by atoms with van der Waals surface area (Å²) in [5.41, 5.74) is 0.282. The normalized spacial score (nSPS) is 13.9. The molecule has 0 heterocycles. The number of benzene rings is 2. The van der Waals surface area contributed by atoms with E-state index in [9.17, 15) is 20.1 Å². The van der Waals surface area contributed by atoms with Gasteiger partial charge >= 0.3 is 0 Å². The zero-order valence-corrected chi connectivity index (χ0v) is 11.8. The molecular formula is C16H19NO4. The Hall–Kier alpha value is -2.11. The number of carbonyl (C=O) groups excluding carboxylic acids is 1. The van der Waals surface area contributed by atoms with Crippen molar-refractivity contribution in [2.45, 2.75) is 25.6 Å². The molecule has 2 aromatic rings. The highest BCUT2D eigenvalue weighted by Crippen LogP contribution is 2.34. The molecule has 0 aromatic heterocycles. The number of fused-ring (bicyclic) bond motifs is 1. The number of aliphatic hydroxyl groups excluding tert-OH is 2. The van der Waals surface area contributed by atoms with Gasteiger partial charge < -0.3 is 20.6 Å². The summed E-state index contributed by atoms with van der Waals surface area (Å²) in [6.45, 7) is 1.65. The fourth-order valence-corrected chi connectivity index (χ4v) is 2.27. The monoisotopic (exact) mass is 289 g/mol. The summed E-state index contributed by atoms with van der Waals surface area (Å²) in [5.74, 6) is -0.218. The van der Waals surface area contributed by atoms with Gasteiger partial charge in [-0.1, -0.05) is 36.4 Å². The number of aliphatic hydroxyl groups is 2. The highest BCUT2D eigenvalue weighted by Gasteiger charge is 2.22. The standard InChI is InChI=1S/C16H19NO4/c1-10(18)17-9-8-14(19)16(21)13-7-6-11-4-2-3-5-12(11)15(13)20/h2-7,14,16,19-21H,8-9H2,1H3,(H,17,18). The summed E-state index contributed by atoms with van der Waals surface area (Å²) in [6.07, 6.45) is -2.07. The van der Waals surface area contributed by atoms with E-state index in [0.29, 0.717) is 5.39 Å². The summed E-state index contributed by atoms with van der Waals surface area (Å²) in [7, 11) is 0. The number of phenols is 1. The van der Waals surface area contributed by atoms with Crippen LogP contribution in [0.1, 0.15) is 25.0 Å². The van der Waals surface area contributed by atoms with Crippen LogP contribution in [0.25, 0.3) is 10.8 Å². The molecule has 2 aromatic carbocycles. The summed E-state index contributed by atoms with van der Waals surface area (Å²) < 4.78 is 0. The van der Waals surface area contributed by atoms with Gasteiger partial charge in [0.25, 0.3) is 0 Å². The van der Waals surface area contributed by atoms with Gasteiger partial charge in [0.2, 0.25) is 5.91 Å². The molecule has 0 aliphatic rings. The molecule has 5 nitrogen and oxygen atoms in total. The molecular weight excluding hydrogens is 270 g/mol. The topological polar surface area (TPSA) is 89.8 Å². The summed E-state index contributed by atoms with van der Waals surface area (Å²) in [5, 5.41) is 34.4. The van der Waals surface area contributed by atoms with Crippen LogP contribution in [0.15, 0.2) is 36.4 Å². The SMILES string of the molecule is CC(=O)NCCC(O)C(O)c1ccc2ccccc2c1O. The first-order valence-corrected chi connectivity index (χ1v) is 6.82. The predicted molar refractivity (Wildman–Crippen MR) is 79.9 cm³/mol. The Morgan fingerprint density at radius 2 is 1.90 bits per heavy atom. The van der Waals surface area contributed by atoms with Crippen molar-refractivity contribution in [2.75, 3.05) is 6.54 Å². The smallest absolute Gasteiger partial charge is 0.216 e. The van der Waals surface area contributed by atoms with Gasteiger partial charge in [0.15, 0.2) is 0 Å². The van der Waals surface area contributed by atoms with Gasteiger partial charge in [0, 0.05) is 24.4 Å². The van der Waals surface area contributed by atoms with Crippen LogP contribution in [-0.4, -0.2) is 33.9 Å². The first-order valence-electron chi connectivity index (χ1n) is 6.82. The minimum atomic E-state index is -1.21. The Bertz CT molecular complexity index is 641. The molecule has 0 spiro atoms. The van der Waals surface area contributed by atoms with Gasteiger partial charge in [0.1, 0.15) is 11.9 Å². The van der Waals surface area contributed by atoms with Gasteiger partial charge in [-0.3, -0.25) is 4.79 Å². The highest BCUT2D eigenvalue weighted by atomic mass is 16.3. The van der Waals surface area contributed by atoms with Crippen LogP contribution < -0.4 is 5.32 Å². The Kier molecular flexibility index (Phi) is 4.77.